The van der Waals surface area contributed by atoms with Gasteiger partial charge in [-0.05, 0) is 29.8 Å². The van der Waals surface area contributed by atoms with Gasteiger partial charge in [0.05, 0.1) is 6.10 Å². The summed E-state index contributed by atoms with van der Waals surface area (Å²) in [4.78, 5) is 9.64. The molecule has 0 spiro atoms. The number of halogens is 1. The van der Waals surface area contributed by atoms with Crippen LogP contribution in [-0.4, -0.2) is 33.1 Å². The van der Waals surface area contributed by atoms with Crippen molar-refractivity contribution in [2.45, 2.75) is 19.1 Å². The third-order valence-electron chi connectivity index (χ3n) is 4.52. The lowest BCUT2D eigenvalue weighted by atomic mass is 10.0. The van der Waals surface area contributed by atoms with Crippen LogP contribution < -0.4 is 0 Å². The normalized spacial score (nSPS) is 16.4. The summed E-state index contributed by atoms with van der Waals surface area (Å²) in [7, 11) is 0. The third kappa shape index (κ3) is 2.73. The lowest BCUT2D eigenvalue weighted by Crippen LogP contribution is -2.33. The molecule has 3 heterocycles. The van der Waals surface area contributed by atoms with E-state index in [0.717, 1.165) is 41.5 Å². The third-order valence-corrected chi connectivity index (χ3v) is 4.52. The number of nitrogens with zero attached hydrogens (tertiary/aromatic N) is 2. The maximum Gasteiger partial charge on any atom is 0.123 e. The Morgan fingerprint density at radius 2 is 2.26 bits per heavy atom. The minimum absolute atomic E-state index is 0.216. The van der Waals surface area contributed by atoms with Gasteiger partial charge >= 0.3 is 0 Å². The molecule has 0 aliphatic carbocycles. The van der Waals surface area contributed by atoms with Gasteiger partial charge in [0.1, 0.15) is 5.82 Å². The van der Waals surface area contributed by atoms with Gasteiger partial charge in [-0.25, -0.2) is 4.39 Å². The molecule has 1 aliphatic heterocycles. The molecule has 2 aromatic heterocycles. The predicted octanol–water partition coefficient (Wildman–Crippen LogP) is 2.79. The molecule has 0 radical (unpaired) electrons. The van der Waals surface area contributed by atoms with Crippen LogP contribution in [0.25, 0.3) is 10.9 Å². The molecule has 4 nitrogen and oxygen atoms in total. The topological polar surface area (TPSA) is 52.1 Å². The highest BCUT2D eigenvalue weighted by Gasteiger charge is 2.23. The van der Waals surface area contributed by atoms with Crippen LogP contribution in [0.3, 0.4) is 0 Å². The largest absolute Gasteiger partial charge is 0.387 e. The van der Waals surface area contributed by atoms with Crippen molar-refractivity contribution in [3.05, 3.63) is 65.4 Å². The summed E-state index contributed by atoms with van der Waals surface area (Å²) >= 11 is 0. The zero-order chi connectivity index (χ0) is 15.8. The Bertz CT molecular complexity index is 831. The average molecular weight is 311 g/mol. The number of nitrogens with one attached hydrogen (secondary N) is 1. The Kier molecular flexibility index (Phi) is 3.59. The van der Waals surface area contributed by atoms with Crippen molar-refractivity contribution in [3.63, 3.8) is 0 Å². The quantitative estimate of drug-likeness (QED) is 0.782. The number of aliphatic hydroxyl groups excluding tert-OH is 1. The van der Waals surface area contributed by atoms with Crippen molar-refractivity contribution in [2.24, 2.45) is 0 Å². The highest BCUT2D eigenvalue weighted by Crippen LogP contribution is 2.29. The molecule has 1 unspecified atom stereocenters. The second-order valence-corrected chi connectivity index (χ2v) is 6.06. The fourth-order valence-corrected chi connectivity index (χ4v) is 3.32. The summed E-state index contributed by atoms with van der Waals surface area (Å²) in [6.45, 7) is 2.14. The van der Waals surface area contributed by atoms with Gasteiger partial charge < -0.3 is 10.1 Å². The summed E-state index contributed by atoms with van der Waals surface area (Å²) < 4.78 is 13.5. The Balaban J connectivity index is 1.56. The second-order valence-electron chi connectivity index (χ2n) is 6.06. The number of H-pyrrole nitrogens is 1. The Hall–Kier alpha value is -2.24. The Morgan fingerprint density at radius 1 is 1.35 bits per heavy atom. The predicted molar refractivity (Wildman–Crippen MR) is 86.4 cm³/mol. The van der Waals surface area contributed by atoms with Crippen LogP contribution in [0.4, 0.5) is 4.39 Å². The lowest BCUT2D eigenvalue weighted by molar-refractivity contribution is 0.106. The molecule has 5 heteroatoms. The van der Waals surface area contributed by atoms with E-state index in [9.17, 15) is 9.50 Å². The van der Waals surface area contributed by atoms with E-state index in [4.69, 9.17) is 0 Å². The van der Waals surface area contributed by atoms with Crippen molar-refractivity contribution in [3.8, 4) is 0 Å². The minimum Gasteiger partial charge on any atom is -0.387 e. The summed E-state index contributed by atoms with van der Waals surface area (Å²) in [5.41, 5.74) is 4.12. The van der Waals surface area contributed by atoms with E-state index in [1.807, 2.05) is 12.1 Å². The number of benzene rings is 1. The van der Waals surface area contributed by atoms with Gasteiger partial charge in [0.15, 0.2) is 0 Å². The highest BCUT2D eigenvalue weighted by molar-refractivity contribution is 5.84. The first-order chi connectivity index (χ1) is 11.2. The summed E-state index contributed by atoms with van der Waals surface area (Å²) in [5, 5.41) is 11.3. The van der Waals surface area contributed by atoms with Gasteiger partial charge in [0.2, 0.25) is 0 Å². The number of aliphatic hydroxyl groups is 1. The lowest BCUT2D eigenvalue weighted by Gasteiger charge is -2.29. The van der Waals surface area contributed by atoms with Crippen molar-refractivity contribution >= 4 is 10.9 Å². The minimum atomic E-state index is -0.563. The number of β-amino-alcohol motifs (C(OH)–C–C–N with tert-alkyl or cyclic N) is 1. The molecular formula is C18H18FN3O. The zero-order valence-corrected chi connectivity index (χ0v) is 12.7. The van der Waals surface area contributed by atoms with Crippen LogP contribution in [0.2, 0.25) is 0 Å². The first-order valence-corrected chi connectivity index (χ1v) is 7.80. The zero-order valence-electron chi connectivity index (χ0n) is 12.7. The van der Waals surface area contributed by atoms with Gasteiger partial charge in [-0.15, -0.1) is 0 Å². The average Bonchev–Trinajstić information content (AvgIpc) is 2.93. The molecule has 23 heavy (non-hydrogen) atoms. The van der Waals surface area contributed by atoms with Crippen molar-refractivity contribution < 1.29 is 9.50 Å². The van der Waals surface area contributed by atoms with Gasteiger partial charge in [-0.1, -0.05) is 6.07 Å². The molecule has 1 aliphatic rings. The Morgan fingerprint density at radius 3 is 3.09 bits per heavy atom. The van der Waals surface area contributed by atoms with Crippen molar-refractivity contribution in [1.82, 2.24) is 14.9 Å². The molecule has 3 aromatic rings. The number of hydrogen-bond donors (Lipinski definition) is 2. The number of fused-ring (bicyclic) bond motifs is 3. The molecule has 0 saturated heterocycles. The van der Waals surface area contributed by atoms with Gasteiger partial charge in [-0.2, -0.15) is 0 Å². The summed E-state index contributed by atoms with van der Waals surface area (Å²) in [6.07, 6.45) is 3.71. The maximum absolute atomic E-state index is 13.5. The summed E-state index contributed by atoms with van der Waals surface area (Å²) in [6, 6.07) is 8.57. The fraction of sp³-hybridized carbons (Fsp3) is 0.278. The first kappa shape index (κ1) is 14.4. The number of hydrogen-bond acceptors (Lipinski definition) is 3. The monoisotopic (exact) mass is 311 g/mol. The molecular weight excluding hydrogens is 293 g/mol. The molecule has 1 aromatic carbocycles. The van der Waals surface area contributed by atoms with Crippen LogP contribution in [0, 0.1) is 5.82 Å². The molecule has 0 saturated carbocycles. The maximum atomic E-state index is 13.5. The van der Waals surface area contributed by atoms with E-state index in [1.165, 1.54) is 11.8 Å². The first-order valence-electron chi connectivity index (χ1n) is 7.80. The second kappa shape index (κ2) is 5.76. The van der Waals surface area contributed by atoms with Crippen molar-refractivity contribution in [1.29, 1.82) is 0 Å². The van der Waals surface area contributed by atoms with Gasteiger partial charge in [-0.3, -0.25) is 9.88 Å². The van der Waals surface area contributed by atoms with Crippen molar-refractivity contribution in [2.75, 3.05) is 13.1 Å². The molecule has 0 bridgehead atoms. The fourth-order valence-electron chi connectivity index (χ4n) is 3.32. The molecule has 118 valence electrons. The summed E-state index contributed by atoms with van der Waals surface area (Å²) in [5.74, 6) is -0.216. The number of aromatic nitrogens is 2. The van der Waals surface area contributed by atoms with Gasteiger partial charge in [0.25, 0.3) is 0 Å². The van der Waals surface area contributed by atoms with E-state index >= 15 is 0 Å². The van der Waals surface area contributed by atoms with E-state index < -0.39 is 6.10 Å². The van der Waals surface area contributed by atoms with Crippen LogP contribution in [0.15, 0.2) is 42.7 Å². The van der Waals surface area contributed by atoms with Crippen LogP contribution in [0.1, 0.15) is 22.9 Å². The Labute approximate surface area is 133 Å². The van der Waals surface area contributed by atoms with Crippen LogP contribution in [0.5, 0.6) is 0 Å². The van der Waals surface area contributed by atoms with Crippen LogP contribution >= 0.6 is 0 Å². The van der Waals surface area contributed by atoms with E-state index in [2.05, 4.69) is 14.9 Å². The standard InChI is InChI=1S/C18H18FN3O/c19-13-3-4-16-14(8-13)15-10-22(7-5-17(15)21-16)11-18(23)12-2-1-6-20-9-12/h1-4,6,8-9,18,21,23H,5,7,10-11H2. The molecule has 4 rings (SSSR count). The van der Waals surface area contributed by atoms with Gasteiger partial charge in [0, 0.05) is 60.6 Å². The van der Waals surface area contributed by atoms with E-state index in [1.54, 1.807) is 24.5 Å². The number of pyridine rings is 1. The smallest absolute Gasteiger partial charge is 0.123 e. The number of rotatable bonds is 3. The molecule has 0 amide bonds. The van der Waals surface area contributed by atoms with E-state index in [-0.39, 0.29) is 5.82 Å². The van der Waals surface area contributed by atoms with E-state index in [0.29, 0.717) is 6.54 Å². The SMILES string of the molecule is OC(CN1CCc2[nH]c3ccc(F)cc3c2C1)c1cccnc1. The van der Waals surface area contributed by atoms with Crippen LogP contribution in [-0.2, 0) is 13.0 Å². The highest BCUT2D eigenvalue weighted by atomic mass is 19.1. The molecule has 2 N–H and O–H groups in total. The molecule has 0 fully saturated rings. The number of aromatic amines is 1. The molecule has 1 atom stereocenters.